The minimum Gasteiger partial charge on any atom is -0.481 e. The summed E-state index contributed by atoms with van der Waals surface area (Å²) in [5.41, 5.74) is 4.83. The molecule has 4 heteroatoms. The summed E-state index contributed by atoms with van der Waals surface area (Å²) in [5, 5.41) is 8.03. The van der Waals surface area contributed by atoms with Gasteiger partial charge < -0.3 is 10.8 Å². The summed E-state index contributed by atoms with van der Waals surface area (Å²) >= 11 is 0. The second kappa shape index (κ2) is 4.11. The molecule has 0 atom stereocenters. The number of carboxylic acid groups (broad SMARTS) is 1. The monoisotopic (exact) mass is 116 g/mol. The molecule has 0 saturated heterocycles. The molecule has 0 fully saturated rings. The van der Waals surface area contributed by atoms with Gasteiger partial charge in [-0.2, -0.15) is 0 Å². The lowest BCUT2D eigenvalue weighted by Crippen LogP contribution is -1.98. The summed E-state index contributed by atoms with van der Waals surface area (Å²) in [6, 6.07) is 0. The Morgan fingerprint density at radius 1 is 1.88 bits per heavy atom. The van der Waals surface area contributed by atoms with Crippen molar-refractivity contribution in [1.29, 1.82) is 0 Å². The molecule has 0 saturated carbocycles. The molecule has 0 aromatic heterocycles. The molecular formula is C4H8N2O2. The lowest BCUT2D eigenvalue weighted by Gasteiger charge is -1.84. The van der Waals surface area contributed by atoms with Crippen molar-refractivity contribution in [3.8, 4) is 0 Å². The minimum atomic E-state index is -0.851. The van der Waals surface area contributed by atoms with Crippen molar-refractivity contribution in [2.75, 3.05) is 6.54 Å². The molecule has 8 heavy (non-hydrogen) atoms. The molecule has 0 spiro atoms. The van der Waals surface area contributed by atoms with Crippen LogP contribution in [0.5, 0.6) is 0 Å². The van der Waals surface area contributed by atoms with Gasteiger partial charge in [-0.05, 0) is 0 Å². The van der Waals surface area contributed by atoms with Gasteiger partial charge in [0.2, 0.25) is 0 Å². The van der Waals surface area contributed by atoms with Crippen LogP contribution in [0.25, 0.3) is 0 Å². The number of aliphatic carboxylic acids is 1. The zero-order chi connectivity index (χ0) is 6.41. The number of carboxylic acids is 1. The lowest BCUT2D eigenvalue weighted by atomic mass is 10.4. The van der Waals surface area contributed by atoms with Gasteiger partial charge in [0.05, 0.1) is 19.3 Å². The van der Waals surface area contributed by atoms with E-state index in [0.29, 0.717) is 0 Å². The first-order valence-corrected chi connectivity index (χ1v) is 2.19. The summed E-state index contributed by atoms with van der Waals surface area (Å²) in [6.45, 7) is 0.270. The summed E-state index contributed by atoms with van der Waals surface area (Å²) in [4.78, 5) is 13.2. The van der Waals surface area contributed by atoms with Crippen LogP contribution in [0.4, 0.5) is 0 Å². The SMILES string of the molecule is NC=NCCC(=O)O. The van der Waals surface area contributed by atoms with Gasteiger partial charge in [-0.25, -0.2) is 0 Å². The average molecular weight is 116 g/mol. The van der Waals surface area contributed by atoms with Gasteiger partial charge >= 0.3 is 5.97 Å². The van der Waals surface area contributed by atoms with Crippen LogP contribution in [-0.2, 0) is 4.79 Å². The first kappa shape index (κ1) is 6.94. The second-order valence-corrected chi connectivity index (χ2v) is 1.20. The molecule has 0 aromatic carbocycles. The van der Waals surface area contributed by atoms with E-state index in [4.69, 9.17) is 10.8 Å². The fourth-order valence-electron chi connectivity index (χ4n) is 0.235. The highest BCUT2D eigenvalue weighted by Gasteiger charge is 1.90. The van der Waals surface area contributed by atoms with E-state index in [1.807, 2.05) is 0 Å². The molecule has 46 valence electrons. The van der Waals surface area contributed by atoms with Gasteiger partial charge in [0.1, 0.15) is 0 Å². The maximum absolute atomic E-state index is 9.76. The van der Waals surface area contributed by atoms with E-state index in [1.54, 1.807) is 0 Å². The highest BCUT2D eigenvalue weighted by Crippen LogP contribution is 1.77. The lowest BCUT2D eigenvalue weighted by molar-refractivity contribution is -0.136. The quantitative estimate of drug-likeness (QED) is 0.383. The van der Waals surface area contributed by atoms with E-state index < -0.39 is 5.97 Å². The Morgan fingerprint density at radius 2 is 2.50 bits per heavy atom. The van der Waals surface area contributed by atoms with Gasteiger partial charge in [0.25, 0.3) is 0 Å². The number of hydrogen-bond donors (Lipinski definition) is 2. The van der Waals surface area contributed by atoms with Crippen LogP contribution < -0.4 is 5.73 Å². The number of carbonyl (C=O) groups is 1. The van der Waals surface area contributed by atoms with Crippen LogP contribution >= 0.6 is 0 Å². The number of nitrogens with two attached hydrogens (primary N) is 1. The third-order valence-electron chi connectivity index (χ3n) is 0.560. The Kier molecular flexibility index (Phi) is 3.56. The Morgan fingerprint density at radius 3 is 2.88 bits per heavy atom. The fraction of sp³-hybridized carbons (Fsp3) is 0.500. The summed E-state index contributed by atoms with van der Waals surface area (Å²) in [6.07, 6.45) is 1.15. The number of rotatable bonds is 3. The van der Waals surface area contributed by atoms with Gasteiger partial charge in [-0.1, -0.05) is 0 Å². The van der Waals surface area contributed by atoms with E-state index in [0.717, 1.165) is 6.34 Å². The highest BCUT2D eigenvalue weighted by atomic mass is 16.4. The number of hydrogen-bond acceptors (Lipinski definition) is 2. The van der Waals surface area contributed by atoms with Crippen LogP contribution in [0.2, 0.25) is 0 Å². The summed E-state index contributed by atoms with van der Waals surface area (Å²) in [7, 11) is 0. The normalized spacial score (nSPS) is 10.0. The zero-order valence-corrected chi connectivity index (χ0v) is 4.37. The number of nitrogens with zero attached hydrogens (tertiary/aromatic N) is 1. The first-order chi connectivity index (χ1) is 3.77. The Bertz CT molecular complexity index is 100. The largest absolute Gasteiger partial charge is 0.481 e. The third-order valence-corrected chi connectivity index (χ3v) is 0.560. The van der Waals surface area contributed by atoms with E-state index in [1.165, 1.54) is 0 Å². The average Bonchev–Trinajstić information content (AvgIpc) is 1.66. The standard InChI is InChI=1S/C4H8N2O2/c5-3-6-2-1-4(7)8/h3H,1-2H2,(H2,5,6)(H,7,8). The topological polar surface area (TPSA) is 75.7 Å². The van der Waals surface area contributed by atoms with Crippen LogP contribution in [0.3, 0.4) is 0 Å². The minimum absolute atomic E-state index is 0.0493. The van der Waals surface area contributed by atoms with Crippen LogP contribution in [0.15, 0.2) is 4.99 Å². The maximum atomic E-state index is 9.76. The van der Waals surface area contributed by atoms with Gasteiger partial charge in [-0.3, -0.25) is 9.79 Å². The molecule has 0 rings (SSSR count). The van der Waals surface area contributed by atoms with Gasteiger partial charge in [-0.15, -0.1) is 0 Å². The molecule has 3 N–H and O–H groups in total. The molecule has 0 aliphatic rings. The maximum Gasteiger partial charge on any atom is 0.305 e. The Balaban J connectivity index is 3.05. The Hall–Kier alpha value is -1.06. The summed E-state index contributed by atoms with van der Waals surface area (Å²) in [5.74, 6) is -0.851. The van der Waals surface area contributed by atoms with Crippen molar-refractivity contribution in [3.63, 3.8) is 0 Å². The van der Waals surface area contributed by atoms with Crippen molar-refractivity contribution >= 4 is 12.3 Å². The highest BCUT2D eigenvalue weighted by molar-refractivity contribution is 5.67. The van der Waals surface area contributed by atoms with Gasteiger partial charge in [0, 0.05) is 0 Å². The second-order valence-electron chi connectivity index (χ2n) is 1.20. The van der Waals surface area contributed by atoms with Gasteiger partial charge in [0.15, 0.2) is 0 Å². The summed E-state index contributed by atoms with van der Waals surface area (Å²) < 4.78 is 0. The van der Waals surface area contributed by atoms with Crippen molar-refractivity contribution in [1.82, 2.24) is 0 Å². The molecule has 0 aliphatic carbocycles. The zero-order valence-electron chi connectivity index (χ0n) is 4.37. The van der Waals surface area contributed by atoms with E-state index >= 15 is 0 Å². The molecule has 0 unspecified atom stereocenters. The molecule has 0 heterocycles. The van der Waals surface area contributed by atoms with Crippen LogP contribution in [-0.4, -0.2) is 24.0 Å². The smallest absolute Gasteiger partial charge is 0.305 e. The van der Waals surface area contributed by atoms with Crippen molar-refractivity contribution in [3.05, 3.63) is 0 Å². The van der Waals surface area contributed by atoms with Crippen molar-refractivity contribution in [2.45, 2.75) is 6.42 Å². The molecule has 0 amide bonds. The van der Waals surface area contributed by atoms with Crippen LogP contribution in [0.1, 0.15) is 6.42 Å². The molecule has 0 bridgehead atoms. The fourth-order valence-corrected chi connectivity index (χ4v) is 0.235. The molecule has 0 aliphatic heterocycles. The van der Waals surface area contributed by atoms with E-state index in [9.17, 15) is 4.79 Å². The van der Waals surface area contributed by atoms with Crippen molar-refractivity contribution < 1.29 is 9.90 Å². The number of aliphatic imine (C=N–C) groups is 1. The molecule has 0 radical (unpaired) electrons. The molecule has 0 aromatic rings. The van der Waals surface area contributed by atoms with E-state index in [2.05, 4.69) is 4.99 Å². The predicted octanol–water partition coefficient (Wildman–Crippen LogP) is -0.552. The molecule has 4 nitrogen and oxygen atoms in total. The van der Waals surface area contributed by atoms with E-state index in [-0.39, 0.29) is 13.0 Å². The first-order valence-electron chi connectivity index (χ1n) is 2.19. The predicted molar refractivity (Wildman–Crippen MR) is 29.8 cm³/mol. The Labute approximate surface area is 47.0 Å². The van der Waals surface area contributed by atoms with Crippen LogP contribution in [0, 0.1) is 0 Å². The third kappa shape index (κ3) is 4.94. The van der Waals surface area contributed by atoms with Crippen molar-refractivity contribution in [2.24, 2.45) is 10.7 Å². The molecular weight excluding hydrogens is 108 g/mol.